The van der Waals surface area contributed by atoms with E-state index in [1.54, 1.807) is 0 Å². The topological polar surface area (TPSA) is 70.7 Å². The first kappa shape index (κ1) is 17.9. The van der Waals surface area contributed by atoms with Crippen LogP contribution in [0.1, 0.15) is 46.0 Å². The van der Waals surface area contributed by atoms with Crippen molar-refractivity contribution in [1.82, 2.24) is 15.5 Å². The number of allylic oxidation sites excluding steroid dienone is 1. The number of carbonyl (C=O) groups is 2. The second-order valence-electron chi connectivity index (χ2n) is 6.61. The van der Waals surface area contributed by atoms with Gasteiger partial charge in [-0.3, -0.25) is 15.0 Å². The summed E-state index contributed by atoms with van der Waals surface area (Å²) in [6.45, 7) is 6.23. The lowest BCUT2D eigenvalue weighted by Crippen LogP contribution is -2.51. The molecule has 1 fully saturated rings. The summed E-state index contributed by atoms with van der Waals surface area (Å²) in [5.74, 6) is -0.263. The molecule has 0 aromatic rings. The fraction of sp³-hybridized carbons (Fsp3) is 0.765. The molecule has 2 aliphatic rings. The summed E-state index contributed by atoms with van der Waals surface area (Å²) in [6.07, 6.45) is 8.17. The van der Waals surface area contributed by atoms with Crippen LogP contribution in [0.25, 0.3) is 0 Å². The van der Waals surface area contributed by atoms with Crippen molar-refractivity contribution in [2.45, 2.75) is 58.2 Å². The van der Waals surface area contributed by atoms with Crippen molar-refractivity contribution >= 4 is 11.9 Å². The third-order valence-electron chi connectivity index (χ3n) is 4.23. The molecule has 0 aromatic carbocycles. The van der Waals surface area contributed by atoms with E-state index in [-0.39, 0.29) is 24.7 Å². The molecule has 0 saturated carbocycles. The normalized spacial score (nSPS) is 25.6. The van der Waals surface area contributed by atoms with Gasteiger partial charge in [-0.25, -0.2) is 4.79 Å². The number of morpholine rings is 1. The Hall–Kier alpha value is -1.40. The number of urea groups is 1. The third kappa shape index (κ3) is 6.71. The summed E-state index contributed by atoms with van der Waals surface area (Å²) < 4.78 is 5.63. The van der Waals surface area contributed by atoms with Crippen LogP contribution >= 0.6 is 0 Å². The Labute approximate surface area is 138 Å². The van der Waals surface area contributed by atoms with Crippen LogP contribution in [0.2, 0.25) is 0 Å². The second kappa shape index (κ2) is 9.03. The number of rotatable bonds is 5. The van der Waals surface area contributed by atoms with Crippen molar-refractivity contribution in [3.05, 3.63) is 11.6 Å². The molecule has 1 heterocycles. The maximum absolute atomic E-state index is 11.9. The zero-order chi connectivity index (χ0) is 16.7. The van der Waals surface area contributed by atoms with Crippen LogP contribution in [0.5, 0.6) is 0 Å². The number of ether oxygens (including phenoxy) is 1. The van der Waals surface area contributed by atoms with Crippen molar-refractivity contribution in [1.29, 1.82) is 0 Å². The molecule has 2 N–H and O–H groups in total. The van der Waals surface area contributed by atoms with E-state index in [0.717, 1.165) is 19.3 Å². The van der Waals surface area contributed by atoms with E-state index in [2.05, 4.69) is 16.7 Å². The maximum Gasteiger partial charge on any atom is 0.321 e. The maximum atomic E-state index is 11.9. The van der Waals surface area contributed by atoms with Crippen molar-refractivity contribution in [2.75, 3.05) is 26.2 Å². The highest BCUT2D eigenvalue weighted by atomic mass is 16.5. The van der Waals surface area contributed by atoms with E-state index < -0.39 is 6.03 Å². The minimum Gasteiger partial charge on any atom is -0.373 e. The molecule has 6 nitrogen and oxygen atoms in total. The van der Waals surface area contributed by atoms with Crippen LogP contribution < -0.4 is 10.6 Å². The number of hydrogen-bond donors (Lipinski definition) is 2. The molecular formula is C17H29N3O3. The van der Waals surface area contributed by atoms with Crippen LogP contribution in [0.3, 0.4) is 0 Å². The van der Waals surface area contributed by atoms with Crippen LogP contribution in [-0.4, -0.2) is 55.2 Å². The van der Waals surface area contributed by atoms with Crippen LogP contribution in [0, 0.1) is 0 Å². The van der Waals surface area contributed by atoms with Crippen molar-refractivity contribution in [3.63, 3.8) is 0 Å². The molecule has 0 spiro atoms. The van der Waals surface area contributed by atoms with Gasteiger partial charge < -0.3 is 10.1 Å². The fourth-order valence-corrected chi connectivity index (χ4v) is 3.30. The molecule has 2 atom stereocenters. The summed E-state index contributed by atoms with van der Waals surface area (Å²) in [4.78, 5) is 25.7. The standard InChI is InChI=1S/C17H29N3O3/c1-13-10-20(11-14(2)23-13)12-16(21)19-17(22)18-9-8-15-6-4-3-5-7-15/h6,13-14H,3-5,7-12H2,1-2H3,(H2,18,19,21,22)/t13-,14-/m1/s1. The van der Waals surface area contributed by atoms with Gasteiger partial charge in [0.2, 0.25) is 5.91 Å². The van der Waals surface area contributed by atoms with Gasteiger partial charge >= 0.3 is 6.03 Å². The monoisotopic (exact) mass is 323 g/mol. The minimum absolute atomic E-state index is 0.115. The van der Waals surface area contributed by atoms with E-state index in [4.69, 9.17) is 4.74 Å². The summed E-state index contributed by atoms with van der Waals surface area (Å²) in [5.41, 5.74) is 1.42. The predicted octanol–water partition coefficient (Wildman–Crippen LogP) is 1.81. The zero-order valence-electron chi connectivity index (χ0n) is 14.3. The van der Waals surface area contributed by atoms with E-state index in [9.17, 15) is 9.59 Å². The Kier molecular flexibility index (Phi) is 7.05. The summed E-state index contributed by atoms with van der Waals surface area (Å²) >= 11 is 0. The molecule has 2 rings (SSSR count). The lowest BCUT2D eigenvalue weighted by Gasteiger charge is -2.34. The number of nitrogens with zero attached hydrogens (tertiary/aromatic N) is 1. The van der Waals surface area contributed by atoms with Gasteiger partial charge in [0.15, 0.2) is 0 Å². The first-order valence-corrected chi connectivity index (χ1v) is 8.66. The van der Waals surface area contributed by atoms with Gasteiger partial charge in [0.05, 0.1) is 18.8 Å². The van der Waals surface area contributed by atoms with E-state index in [1.807, 2.05) is 18.7 Å². The molecule has 23 heavy (non-hydrogen) atoms. The molecule has 1 aliphatic carbocycles. The van der Waals surface area contributed by atoms with Gasteiger partial charge in [-0.2, -0.15) is 0 Å². The second-order valence-corrected chi connectivity index (χ2v) is 6.61. The lowest BCUT2D eigenvalue weighted by molar-refractivity contribution is -0.124. The van der Waals surface area contributed by atoms with Gasteiger partial charge in [-0.05, 0) is 46.0 Å². The summed E-state index contributed by atoms with van der Waals surface area (Å²) in [5, 5.41) is 5.16. The summed E-state index contributed by atoms with van der Waals surface area (Å²) in [6, 6.07) is -0.402. The Morgan fingerprint density at radius 1 is 1.26 bits per heavy atom. The van der Waals surface area contributed by atoms with Gasteiger partial charge in [-0.15, -0.1) is 0 Å². The number of carbonyl (C=O) groups excluding carboxylic acids is 2. The quantitative estimate of drug-likeness (QED) is 0.757. The van der Waals surface area contributed by atoms with Gasteiger partial charge in [0.25, 0.3) is 0 Å². The first-order valence-electron chi connectivity index (χ1n) is 8.66. The SMILES string of the molecule is C[C@@H]1CN(CC(=O)NC(=O)NCCC2=CCCCC2)C[C@@H](C)O1. The van der Waals surface area contributed by atoms with Crippen LogP contribution in [-0.2, 0) is 9.53 Å². The highest BCUT2D eigenvalue weighted by molar-refractivity contribution is 5.95. The fourth-order valence-electron chi connectivity index (χ4n) is 3.30. The Morgan fingerprint density at radius 2 is 2.00 bits per heavy atom. The molecule has 130 valence electrons. The molecule has 0 bridgehead atoms. The van der Waals surface area contributed by atoms with Crippen LogP contribution in [0.4, 0.5) is 4.79 Å². The Balaban J connectivity index is 1.62. The number of nitrogens with one attached hydrogen (secondary N) is 2. The Morgan fingerprint density at radius 3 is 2.65 bits per heavy atom. The van der Waals surface area contributed by atoms with E-state index in [0.29, 0.717) is 19.6 Å². The number of hydrogen-bond acceptors (Lipinski definition) is 4. The van der Waals surface area contributed by atoms with Gasteiger partial charge in [0.1, 0.15) is 0 Å². The molecular weight excluding hydrogens is 294 g/mol. The average Bonchev–Trinajstić information content (AvgIpc) is 2.47. The molecule has 6 heteroatoms. The van der Waals surface area contributed by atoms with Crippen molar-refractivity contribution in [2.24, 2.45) is 0 Å². The summed E-state index contributed by atoms with van der Waals surface area (Å²) in [7, 11) is 0. The zero-order valence-corrected chi connectivity index (χ0v) is 14.3. The molecule has 1 aliphatic heterocycles. The smallest absolute Gasteiger partial charge is 0.321 e. The Bertz CT molecular complexity index is 440. The highest BCUT2D eigenvalue weighted by Gasteiger charge is 2.24. The molecule has 0 aromatic heterocycles. The average molecular weight is 323 g/mol. The van der Waals surface area contributed by atoms with Crippen molar-refractivity contribution < 1.29 is 14.3 Å². The number of imide groups is 1. The van der Waals surface area contributed by atoms with Gasteiger partial charge in [-0.1, -0.05) is 11.6 Å². The van der Waals surface area contributed by atoms with Crippen molar-refractivity contribution in [3.8, 4) is 0 Å². The minimum atomic E-state index is -0.402. The van der Waals surface area contributed by atoms with E-state index in [1.165, 1.54) is 18.4 Å². The number of amides is 3. The first-order chi connectivity index (χ1) is 11.0. The largest absolute Gasteiger partial charge is 0.373 e. The third-order valence-corrected chi connectivity index (χ3v) is 4.23. The predicted molar refractivity (Wildman–Crippen MR) is 89.2 cm³/mol. The molecule has 0 unspecified atom stereocenters. The van der Waals surface area contributed by atoms with Gasteiger partial charge in [0, 0.05) is 19.6 Å². The molecule has 0 radical (unpaired) electrons. The van der Waals surface area contributed by atoms with Crippen LogP contribution in [0.15, 0.2) is 11.6 Å². The molecule has 3 amide bonds. The highest BCUT2D eigenvalue weighted by Crippen LogP contribution is 2.19. The van der Waals surface area contributed by atoms with E-state index >= 15 is 0 Å². The molecule has 1 saturated heterocycles. The lowest BCUT2D eigenvalue weighted by atomic mass is 9.97.